The van der Waals surface area contributed by atoms with Crippen LogP contribution in [0.4, 0.5) is 5.13 Å². The largest absolute Gasteiger partial charge is 0.480 e. The molecule has 0 saturated heterocycles. The first-order chi connectivity index (χ1) is 7.69. The van der Waals surface area contributed by atoms with Gasteiger partial charge in [-0.1, -0.05) is 0 Å². The third-order valence-electron chi connectivity index (χ3n) is 1.93. The lowest BCUT2D eigenvalue weighted by Gasteiger charge is -2.03. The van der Waals surface area contributed by atoms with E-state index < -0.39 is 0 Å². The molecule has 0 spiro atoms. The SMILES string of the molecule is COc1ccc(=O)n(Cc2csc(N)n2)n1. The van der Waals surface area contributed by atoms with Crippen LogP contribution in [0, 0.1) is 0 Å². The van der Waals surface area contributed by atoms with Crippen molar-refractivity contribution in [1.82, 2.24) is 14.8 Å². The lowest BCUT2D eigenvalue weighted by molar-refractivity contribution is 0.378. The summed E-state index contributed by atoms with van der Waals surface area (Å²) in [6.45, 7) is 0.295. The summed E-state index contributed by atoms with van der Waals surface area (Å²) in [5, 5.41) is 6.27. The first kappa shape index (κ1) is 10.6. The summed E-state index contributed by atoms with van der Waals surface area (Å²) in [7, 11) is 1.50. The summed E-state index contributed by atoms with van der Waals surface area (Å²) in [6.07, 6.45) is 0. The van der Waals surface area contributed by atoms with Gasteiger partial charge in [0, 0.05) is 17.5 Å². The van der Waals surface area contributed by atoms with Crippen molar-refractivity contribution in [3.63, 3.8) is 0 Å². The van der Waals surface area contributed by atoms with Crippen LogP contribution in [0.5, 0.6) is 5.88 Å². The second kappa shape index (κ2) is 4.31. The zero-order valence-corrected chi connectivity index (χ0v) is 9.40. The molecule has 0 radical (unpaired) electrons. The summed E-state index contributed by atoms with van der Waals surface area (Å²) in [5.41, 5.74) is 6.01. The fourth-order valence-electron chi connectivity index (χ4n) is 1.20. The molecular weight excluding hydrogens is 228 g/mol. The van der Waals surface area contributed by atoms with Crippen LogP contribution in [0.2, 0.25) is 0 Å². The molecule has 7 heteroatoms. The number of nitrogen functional groups attached to an aromatic ring is 1. The quantitative estimate of drug-likeness (QED) is 0.833. The molecular formula is C9H10N4O2S. The smallest absolute Gasteiger partial charge is 0.267 e. The standard InChI is InChI=1S/C9H10N4O2S/c1-15-7-2-3-8(14)13(12-7)4-6-5-16-9(10)11-6/h2-3,5H,4H2,1H3,(H2,10,11). The molecule has 0 aliphatic rings. The monoisotopic (exact) mass is 238 g/mol. The lowest BCUT2D eigenvalue weighted by atomic mass is 10.5. The van der Waals surface area contributed by atoms with E-state index in [1.165, 1.54) is 35.3 Å². The van der Waals surface area contributed by atoms with Crippen molar-refractivity contribution in [2.45, 2.75) is 6.54 Å². The number of rotatable bonds is 3. The van der Waals surface area contributed by atoms with E-state index in [4.69, 9.17) is 10.5 Å². The van der Waals surface area contributed by atoms with Gasteiger partial charge in [0.15, 0.2) is 5.13 Å². The molecule has 0 unspecified atom stereocenters. The minimum atomic E-state index is -0.202. The molecule has 0 saturated carbocycles. The van der Waals surface area contributed by atoms with E-state index in [0.717, 1.165) is 0 Å². The highest BCUT2D eigenvalue weighted by molar-refractivity contribution is 7.13. The Kier molecular flexibility index (Phi) is 2.86. The number of aromatic nitrogens is 3. The highest BCUT2D eigenvalue weighted by Crippen LogP contribution is 2.11. The van der Waals surface area contributed by atoms with Gasteiger partial charge in [-0.25, -0.2) is 9.67 Å². The number of thiazole rings is 1. The number of hydrogen-bond acceptors (Lipinski definition) is 6. The summed E-state index contributed by atoms with van der Waals surface area (Å²) in [6, 6.07) is 2.93. The maximum atomic E-state index is 11.5. The van der Waals surface area contributed by atoms with Crippen molar-refractivity contribution in [3.05, 3.63) is 33.6 Å². The van der Waals surface area contributed by atoms with E-state index in [1.54, 1.807) is 5.38 Å². The van der Waals surface area contributed by atoms with Crippen LogP contribution < -0.4 is 16.0 Å². The third kappa shape index (κ3) is 2.19. The van der Waals surface area contributed by atoms with E-state index in [1.807, 2.05) is 0 Å². The van der Waals surface area contributed by atoms with Crippen LogP contribution in [0.3, 0.4) is 0 Å². The fourth-order valence-corrected chi connectivity index (χ4v) is 1.76. The van der Waals surface area contributed by atoms with Gasteiger partial charge in [-0.2, -0.15) is 0 Å². The number of ether oxygens (including phenoxy) is 1. The molecule has 2 N–H and O–H groups in total. The first-order valence-corrected chi connectivity index (χ1v) is 5.39. The van der Waals surface area contributed by atoms with Gasteiger partial charge in [-0.05, 0) is 0 Å². The van der Waals surface area contributed by atoms with E-state index in [-0.39, 0.29) is 5.56 Å². The van der Waals surface area contributed by atoms with Crippen LogP contribution >= 0.6 is 11.3 Å². The van der Waals surface area contributed by atoms with Crippen LogP contribution in [-0.4, -0.2) is 21.9 Å². The number of nitrogens with zero attached hydrogens (tertiary/aromatic N) is 3. The topological polar surface area (TPSA) is 83.0 Å². The molecule has 2 heterocycles. The van der Waals surface area contributed by atoms with Crippen molar-refractivity contribution in [3.8, 4) is 5.88 Å². The molecule has 0 aromatic carbocycles. The van der Waals surface area contributed by atoms with Gasteiger partial charge in [-0.15, -0.1) is 16.4 Å². The molecule has 2 aromatic rings. The van der Waals surface area contributed by atoms with Crippen LogP contribution in [0.15, 0.2) is 22.3 Å². The van der Waals surface area contributed by atoms with Crippen molar-refractivity contribution >= 4 is 16.5 Å². The summed E-state index contributed by atoms with van der Waals surface area (Å²) >= 11 is 1.33. The number of hydrogen-bond donors (Lipinski definition) is 1. The lowest BCUT2D eigenvalue weighted by Crippen LogP contribution is -2.22. The summed E-state index contributed by atoms with van der Waals surface area (Å²) in [5.74, 6) is 0.391. The molecule has 0 aliphatic carbocycles. The van der Waals surface area contributed by atoms with Gasteiger partial charge < -0.3 is 10.5 Å². The van der Waals surface area contributed by atoms with E-state index in [0.29, 0.717) is 23.3 Å². The van der Waals surface area contributed by atoms with Gasteiger partial charge in [-0.3, -0.25) is 4.79 Å². The van der Waals surface area contributed by atoms with Gasteiger partial charge in [0.05, 0.1) is 19.3 Å². The molecule has 0 aliphatic heterocycles. The maximum Gasteiger partial charge on any atom is 0.267 e. The summed E-state index contributed by atoms with van der Waals surface area (Å²) in [4.78, 5) is 15.5. The minimum Gasteiger partial charge on any atom is -0.480 e. The highest BCUT2D eigenvalue weighted by atomic mass is 32.1. The van der Waals surface area contributed by atoms with E-state index >= 15 is 0 Å². The molecule has 0 fully saturated rings. The maximum absolute atomic E-state index is 11.5. The molecule has 2 rings (SSSR count). The molecule has 0 bridgehead atoms. The van der Waals surface area contributed by atoms with Crippen LogP contribution in [0.1, 0.15) is 5.69 Å². The average Bonchev–Trinajstić information content (AvgIpc) is 2.67. The molecule has 2 aromatic heterocycles. The highest BCUT2D eigenvalue weighted by Gasteiger charge is 2.04. The zero-order chi connectivity index (χ0) is 11.5. The Balaban J connectivity index is 2.30. The van der Waals surface area contributed by atoms with Crippen molar-refractivity contribution in [2.75, 3.05) is 12.8 Å². The minimum absolute atomic E-state index is 0.202. The van der Waals surface area contributed by atoms with Gasteiger partial charge >= 0.3 is 0 Å². The second-order valence-electron chi connectivity index (χ2n) is 3.05. The predicted octanol–water partition coefficient (Wildman–Crippen LogP) is 0.339. The Morgan fingerprint density at radius 3 is 3.00 bits per heavy atom. The Bertz CT molecular complexity index is 548. The number of anilines is 1. The summed E-state index contributed by atoms with van der Waals surface area (Å²) < 4.78 is 6.22. The van der Waals surface area contributed by atoms with E-state index in [9.17, 15) is 4.79 Å². The van der Waals surface area contributed by atoms with Crippen LogP contribution in [0.25, 0.3) is 0 Å². The Labute approximate surface area is 95.3 Å². The zero-order valence-electron chi connectivity index (χ0n) is 8.58. The molecule has 6 nitrogen and oxygen atoms in total. The molecule has 0 atom stereocenters. The average molecular weight is 238 g/mol. The van der Waals surface area contributed by atoms with E-state index in [2.05, 4.69) is 10.1 Å². The van der Waals surface area contributed by atoms with Crippen LogP contribution in [-0.2, 0) is 6.54 Å². The Hall–Kier alpha value is -1.89. The van der Waals surface area contributed by atoms with Gasteiger partial charge in [0.2, 0.25) is 5.88 Å². The first-order valence-electron chi connectivity index (χ1n) is 4.51. The Morgan fingerprint density at radius 1 is 1.56 bits per heavy atom. The van der Waals surface area contributed by atoms with Crippen molar-refractivity contribution in [2.24, 2.45) is 0 Å². The molecule has 0 amide bonds. The van der Waals surface area contributed by atoms with Gasteiger partial charge in [0.1, 0.15) is 0 Å². The second-order valence-corrected chi connectivity index (χ2v) is 3.94. The number of nitrogens with two attached hydrogens (primary N) is 1. The fraction of sp³-hybridized carbons (Fsp3) is 0.222. The normalized spacial score (nSPS) is 10.3. The number of methoxy groups -OCH3 is 1. The predicted molar refractivity (Wildman–Crippen MR) is 60.7 cm³/mol. The van der Waals surface area contributed by atoms with Gasteiger partial charge in [0.25, 0.3) is 5.56 Å². The van der Waals surface area contributed by atoms with Crippen molar-refractivity contribution < 1.29 is 4.74 Å². The Morgan fingerprint density at radius 2 is 2.38 bits per heavy atom. The molecule has 84 valence electrons. The van der Waals surface area contributed by atoms with Crippen molar-refractivity contribution in [1.29, 1.82) is 0 Å². The third-order valence-corrected chi connectivity index (χ3v) is 2.66. The molecule has 16 heavy (non-hydrogen) atoms.